The number of thioether (sulfide) groups is 1. The molecule has 0 radical (unpaired) electrons. The summed E-state index contributed by atoms with van der Waals surface area (Å²) in [6.45, 7) is 0. The van der Waals surface area contributed by atoms with Gasteiger partial charge in [0.25, 0.3) is 0 Å². The Labute approximate surface area is 111 Å². The van der Waals surface area contributed by atoms with E-state index in [1.165, 1.54) is 0 Å². The van der Waals surface area contributed by atoms with Gasteiger partial charge in [-0.3, -0.25) is 0 Å². The normalized spacial score (nSPS) is 9.78. The summed E-state index contributed by atoms with van der Waals surface area (Å²) in [6, 6.07) is 15.3. The summed E-state index contributed by atoms with van der Waals surface area (Å²) >= 11 is 1.66. The van der Waals surface area contributed by atoms with E-state index in [9.17, 15) is 0 Å². The van der Waals surface area contributed by atoms with Crippen LogP contribution >= 0.6 is 11.8 Å². The number of nitrogen functional groups attached to an aromatic ring is 1. The minimum Gasteiger partial charge on any atom is -0.397 e. The van der Waals surface area contributed by atoms with Crippen LogP contribution in [0.3, 0.4) is 0 Å². The van der Waals surface area contributed by atoms with Gasteiger partial charge in [0, 0.05) is 4.90 Å². The molecule has 0 heterocycles. The predicted molar refractivity (Wildman–Crippen MR) is 77.1 cm³/mol. The highest BCUT2D eigenvalue weighted by Crippen LogP contribution is 2.30. The Morgan fingerprint density at radius 1 is 1.17 bits per heavy atom. The average molecular weight is 255 g/mol. The molecule has 0 aliphatic heterocycles. The second kappa shape index (κ2) is 5.48. The van der Waals surface area contributed by atoms with E-state index in [1.807, 2.05) is 30.5 Å². The van der Waals surface area contributed by atoms with E-state index >= 15 is 0 Å². The molecule has 2 aromatic carbocycles. The summed E-state index contributed by atoms with van der Waals surface area (Å²) in [5.74, 6) is 0. The summed E-state index contributed by atoms with van der Waals surface area (Å²) in [7, 11) is 0. The van der Waals surface area contributed by atoms with E-state index in [-0.39, 0.29) is 0 Å². The van der Waals surface area contributed by atoms with Crippen molar-refractivity contribution < 1.29 is 0 Å². The Hall–Kier alpha value is -2.12. The second-order valence-electron chi connectivity index (χ2n) is 3.74. The molecule has 4 heteroatoms. The Kier molecular flexibility index (Phi) is 3.75. The third-order valence-corrected chi connectivity index (χ3v) is 3.35. The largest absolute Gasteiger partial charge is 0.397 e. The molecule has 0 aromatic heterocycles. The molecule has 0 fully saturated rings. The van der Waals surface area contributed by atoms with Crippen LogP contribution in [0.5, 0.6) is 0 Å². The SMILES string of the molecule is CSc1ccccc1Nc1cc(C#N)ccc1N. The molecule has 0 atom stereocenters. The van der Waals surface area contributed by atoms with Gasteiger partial charge in [-0.25, -0.2) is 0 Å². The molecule has 2 aromatic rings. The third kappa shape index (κ3) is 2.58. The highest BCUT2D eigenvalue weighted by atomic mass is 32.2. The first-order chi connectivity index (χ1) is 8.74. The fourth-order valence-corrected chi connectivity index (χ4v) is 2.18. The first-order valence-corrected chi connectivity index (χ1v) is 6.66. The number of hydrogen-bond donors (Lipinski definition) is 2. The first-order valence-electron chi connectivity index (χ1n) is 5.44. The van der Waals surface area contributed by atoms with Crippen molar-refractivity contribution in [3.63, 3.8) is 0 Å². The van der Waals surface area contributed by atoms with Gasteiger partial charge in [-0.15, -0.1) is 11.8 Å². The molecule has 0 saturated heterocycles. The number of nitrogens with two attached hydrogens (primary N) is 1. The Morgan fingerprint density at radius 3 is 2.67 bits per heavy atom. The zero-order valence-corrected chi connectivity index (χ0v) is 10.8. The van der Waals surface area contributed by atoms with Crippen LogP contribution < -0.4 is 11.1 Å². The molecule has 0 aliphatic carbocycles. The van der Waals surface area contributed by atoms with Crippen molar-refractivity contribution in [2.75, 3.05) is 17.3 Å². The molecule has 2 rings (SSSR count). The number of benzene rings is 2. The summed E-state index contributed by atoms with van der Waals surface area (Å²) in [5, 5.41) is 12.2. The predicted octanol–water partition coefficient (Wildman–Crippen LogP) is 3.61. The number of rotatable bonds is 3. The zero-order valence-electron chi connectivity index (χ0n) is 9.97. The summed E-state index contributed by atoms with van der Waals surface area (Å²) < 4.78 is 0. The Morgan fingerprint density at radius 2 is 1.94 bits per heavy atom. The molecule has 0 bridgehead atoms. The van der Waals surface area contributed by atoms with Gasteiger partial charge in [0.2, 0.25) is 0 Å². The van der Waals surface area contributed by atoms with E-state index in [0.29, 0.717) is 11.3 Å². The zero-order chi connectivity index (χ0) is 13.0. The monoisotopic (exact) mass is 255 g/mol. The number of nitriles is 1. The van der Waals surface area contributed by atoms with Crippen molar-refractivity contribution in [2.24, 2.45) is 0 Å². The maximum Gasteiger partial charge on any atom is 0.0992 e. The van der Waals surface area contributed by atoms with E-state index in [1.54, 1.807) is 30.0 Å². The molecular weight excluding hydrogens is 242 g/mol. The third-order valence-electron chi connectivity index (χ3n) is 2.56. The average Bonchev–Trinajstić information content (AvgIpc) is 2.42. The first kappa shape index (κ1) is 12.3. The number of nitrogens with one attached hydrogen (secondary N) is 1. The van der Waals surface area contributed by atoms with Crippen LogP contribution in [0.25, 0.3) is 0 Å². The number of hydrogen-bond acceptors (Lipinski definition) is 4. The van der Waals surface area contributed by atoms with Gasteiger partial charge in [-0.05, 0) is 36.6 Å². The van der Waals surface area contributed by atoms with Crippen LogP contribution in [0.2, 0.25) is 0 Å². The quantitative estimate of drug-likeness (QED) is 0.649. The van der Waals surface area contributed by atoms with Crippen LogP contribution in [0.1, 0.15) is 5.56 Å². The van der Waals surface area contributed by atoms with Gasteiger partial charge >= 0.3 is 0 Å². The fourth-order valence-electron chi connectivity index (χ4n) is 1.63. The highest BCUT2D eigenvalue weighted by Gasteiger charge is 2.04. The lowest BCUT2D eigenvalue weighted by atomic mass is 10.2. The second-order valence-corrected chi connectivity index (χ2v) is 4.59. The molecule has 3 N–H and O–H groups in total. The fraction of sp³-hybridized carbons (Fsp3) is 0.0714. The van der Waals surface area contributed by atoms with E-state index in [2.05, 4.69) is 11.4 Å². The lowest BCUT2D eigenvalue weighted by molar-refractivity contribution is 1.41. The van der Waals surface area contributed by atoms with E-state index in [0.717, 1.165) is 16.3 Å². The lowest BCUT2D eigenvalue weighted by Crippen LogP contribution is -1.97. The van der Waals surface area contributed by atoms with Crippen LogP contribution in [0, 0.1) is 11.3 Å². The number of nitrogens with zero attached hydrogens (tertiary/aromatic N) is 1. The van der Waals surface area contributed by atoms with Crippen LogP contribution in [0.15, 0.2) is 47.4 Å². The number of anilines is 3. The molecule has 0 aliphatic rings. The maximum absolute atomic E-state index is 8.90. The molecular formula is C14H13N3S. The molecule has 3 nitrogen and oxygen atoms in total. The standard InChI is InChI=1S/C14H13N3S/c1-18-14-5-3-2-4-12(14)17-13-8-10(9-15)6-7-11(13)16/h2-8,17H,16H2,1H3. The van der Waals surface area contributed by atoms with Crippen molar-refractivity contribution in [1.29, 1.82) is 5.26 Å². The van der Waals surface area contributed by atoms with Crippen LogP contribution in [-0.4, -0.2) is 6.26 Å². The number of para-hydroxylation sites is 1. The summed E-state index contributed by atoms with van der Waals surface area (Å²) in [6.07, 6.45) is 2.02. The van der Waals surface area contributed by atoms with Crippen molar-refractivity contribution in [3.05, 3.63) is 48.0 Å². The van der Waals surface area contributed by atoms with Gasteiger partial charge in [0.15, 0.2) is 0 Å². The van der Waals surface area contributed by atoms with Gasteiger partial charge in [0.1, 0.15) is 0 Å². The van der Waals surface area contributed by atoms with Gasteiger partial charge in [-0.2, -0.15) is 5.26 Å². The Bertz CT molecular complexity index is 602. The maximum atomic E-state index is 8.90. The van der Waals surface area contributed by atoms with Crippen molar-refractivity contribution in [2.45, 2.75) is 4.90 Å². The van der Waals surface area contributed by atoms with Gasteiger partial charge < -0.3 is 11.1 Å². The van der Waals surface area contributed by atoms with E-state index < -0.39 is 0 Å². The highest BCUT2D eigenvalue weighted by molar-refractivity contribution is 7.98. The molecule has 18 heavy (non-hydrogen) atoms. The van der Waals surface area contributed by atoms with Crippen LogP contribution in [-0.2, 0) is 0 Å². The van der Waals surface area contributed by atoms with Crippen LogP contribution in [0.4, 0.5) is 17.1 Å². The minimum atomic E-state index is 0.591. The lowest BCUT2D eigenvalue weighted by Gasteiger charge is -2.12. The molecule has 0 unspecified atom stereocenters. The molecule has 0 spiro atoms. The molecule has 90 valence electrons. The van der Waals surface area contributed by atoms with Gasteiger partial charge in [0.05, 0.1) is 28.7 Å². The van der Waals surface area contributed by atoms with Crippen molar-refractivity contribution in [3.8, 4) is 6.07 Å². The van der Waals surface area contributed by atoms with E-state index in [4.69, 9.17) is 11.0 Å². The van der Waals surface area contributed by atoms with Crippen molar-refractivity contribution in [1.82, 2.24) is 0 Å². The minimum absolute atomic E-state index is 0.591. The topological polar surface area (TPSA) is 61.8 Å². The Balaban J connectivity index is 2.37. The molecule has 0 saturated carbocycles. The van der Waals surface area contributed by atoms with Crippen molar-refractivity contribution >= 4 is 28.8 Å². The summed E-state index contributed by atoms with van der Waals surface area (Å²) in [4.78, 5) is 1.14. The molecule has 0 amide bonds. The summed E-state index contributed by atoms with van der Waals surface area (Å²) in [5.41, 5.74) is 8.88. The van der Waals surface area contributed by atoms with Gasteiger partial charge in [-0.1, -0.05) is 12.1 Å². The smallest absolute Gasteiger partial charge is 0.0992 e.